The summed E-state index contributed by atoms with van der Waals surface area (Å²) in [4.78, 5) is 0. The highest BCUT2D eigenvalue weighted by Gasteiger charge is 2.19. The first kappa shape index (κ1) is 10.6. The minimum atomic E-state index is 0.249. The van der Waals surface area contributed by atoms with Gasteiger partial charge in [-0.1, -0.05) is 12.8 Å². The first-order valence-electron chi connectivity index (χ1n) is 5.24. The molecule has 3 N–H and O–H groups in total. The summed E-state index contributed by atoms with van der Waals surface area (Å²) < 4.78 is 0. The molecule has 0 spiro atoms. The van der Waals surface area contributed by atoms with Crippen molar-refractivity contribution in [1.29, 1.82) is 0 Å². The molecule has 2 nitrogen and oxygen atoms in total. The summed E-state index contributed by atoms with van der Waals surface area (Å²) in [5.41, 5.74) is 5.82. The Balaban J connectivity index is 2.26. The lowest BCUT2D eigenvalue weighted by Gasteiger charge is -2.28. The Hall–Kier alpha value is -0.520. The van der Waals surface area contributed by atoms with Crippen LogP contribution in [0.15, 0.2) is 0 Å². The fourth-order valence-corrected chi connectivity index (χ4v) is 1.85. The monoisotopic (exact) mass is 180 g/mol. The molecule has 1 fully saturated rings. The Labute approximate surface area is 81.3 Å². The van der Waals surface area contributed by atoms with Crippen LogP contribution < -0.4 is 11.1 Å². The topological polar surface area (TPSA) is 38.0 Å². The van der Waals surface area contributed by atoms with Crippen LogP contribution in [0.3, 0.4) is 0 Å². The SMILES string of the molecule is C#CC(CC)NC1CCC(N)CC1. The largest absolute Gasteiger partial charge is 0.328 e. The van der Waals surface area contributed by atoms with Crippen LogP contribution in [0.5, 0.6) is 0 Å². The zero-order chi connectivity index (χ0) is 9.68. The fourth-order valence-electron chi connectivity index (χ4n) is 1.85. The van der Waals surface area contributed by atoms with Gasteiger partial charge in [0.2, 0.25) is 0 Å². The molecule has 1 rings (SSSR count). The molecular weight excluding hydrogens is 160 g/mol. The number of hydrogen-bond donors (Lipinski definition) is 2. The summed E-state index contributed by atoms with van der Waals surface area (Å²) in [6.45, 7) is 2.12. The summed E-state index contributed by atoms with van der Waals surface area (Å²) in [6, 6.07) is 1.27. The van der Waals surface area contributed by atoms with Gasteiger partial charge in [-0.15, -0.1) is 6.42 Å². The summed E-state index contributed by atoms with van der Waals surface area (Å²) >= 11 is 0. The molecule has 0 heterocycles. The predicted octanol–water partition coefficient (Wildman–Crippen LogP) is 1.26. The Morgan fingerprint density at radius 2 is 2.08 bits per heavy atom. The summed E-state index contributed by atoms with van der Waals surface area (Å²) in [6.07, 6.45) is 11.0. The Bertz CT molecular complexity index is 175. The van der Waals surface area contributed by atoms with Crippen molar-refractivity contribution >= 4 is 0 Å². The van der Waals surface area contributed by atoms with E-state index in [0.29, 0.717) is 12.1 Å². The summed E-state index contributed by atoms with van der Waals surface area (Å²) in [7, 11) is 0. The lowest BCUT2D eigenvalue weighted by molar-refractivity contribution is 0.329. The third kappa shape index (κ3) is 3.38. The van der Waals surface area contributed by atoms with E-state index in [4.69, 9.17) is 12.2 Å². The van der Waals surface area contributed by atoms with Gasteiger partial charge in [0.25, 0.3) is 0 Å². The number of hydrogen-bond acceptors (Lipinski definition) is 2. The normalized spacial score (nSPS) is 30.8. The lowest BCUT2D eigenvalue weighted by Crippen LogP contribution is -2.41. The lowest BCUT2D eigenvalue weighted by atomic mass is 9.91. The van der Waals surface area contributed by atoms with E-state index in [1.54, 1.807) is 0 Å². The predicted molar refractivity (Wildman–Crippen MR) is 56.3 cm³/mol. The highest BCUT2D eigenvalue weighted by molar-refractivity contribution is 4.99. The zero-order valence-electron chi connectivity index (χ0n) is 8.42. The highest BCUT2D eigenvalue weighted by Crippen LogP contribution is 2.17. The zero-order valence-corrected chi connectivity index (χ0v) is 8.42. The van der Waals surface area contributed by atoms with Crippen molar-refractivity contribution in [2.75, 3.05) is 0 Å². The molecule has 1 aliphatic carbocycles. The van der Waals surface area contributed by atoms with Crippen LogP contribution in [-0.4, -0.2) is 18.1 Å². The van der Waals surface area contributed by atoms with Crippen molar-refractivity contribution < 1.29 is 0 Å². The second-order valence-electron chi connectivity index (χ2n) is 3.91. The van der Waals surface area contributed by atoms with Gasteiger partial charge >= 0.3 is 0 Å². The maximum atomic E-state index is 5.82. The second-order valence-corrected chi connectivity index (χ2v) is 3.91. The van der Waals surface area contributed by atoms with Gasteiger partial charge in [-0.25, -0.2) is 0 Å². The Morgan fingerprint density at radius 3 is 2.54 bits per heavy atom. The molecule has 0 aromatic carbocycles. The molecule has 0 radical (unpaired) electrons. The van der Waals surface area contributed by atoms with Crippen LogP contribution >= 0.6 is 0 Å². The van der Waals surface area contributed by atoms with Crippen molar-refractivity contribution in [2.24, 2.45) is 5.73 Å². The first-order chi connectivity index (χ1) is 6.26. The van der Waals surface area contributed by atoms with E-state index in [9.17, 15) is 0 Å². The standard InChI is InChI=1S/C11H20N2/c1-3-10(4-2)13-11-7-5-9(12)6-8-11/h1,9-11,13H,4-8,12H2,2H3. The number of nitrogens with one attached hydrogen (secondary N) is 1. The van der Waals surface area contributed by atoms with Crippen molar-refractivity contribution in [3.05, 3.63) is 0 Å². The van der Waals surface area contributed by atoms with E-state index in [0.717, 1.165) is 19.3 Å². The minimum absolute atomic E-state index is 0.249. The van der Waals surface area contributed by atoms with Gasteiger partial charge in [0.15, 0.2) is 0 Å². The van der Waals surface area contributed by atoms with Crippen LogP contribution in [0, 0.1) is 12.3 Å². The van der Waals surface area contributed by atoms with Gasteiger partial charge in [-0.05, 0) is 32.1 Å². The molecule has 74 valence electrons. The van der Waals surface area contributed by atoms with Crippen molar-refractivity contribution in [3.8, 4) is 12.3 Å². The third-order valence-corrected chi connectivity index (χ3v) is 2.82. The highest BCUT2D eigenvalue weighted by atomic mass is 14.9. The van der Waals surface area contributed by atoms with E-state index in [1.165, 1.54) is 12.8 Å². The molecule has 2 heteroatoms. The first-order valence-corrected chi connectivity index (χ1v) is 5.24. The minimum Gasteiger partial charge on any atom is -0.328 e. The van der Waals surface area contributed by atoms with E-state index >= 15 is 0 Å². The molecular formula is C11H20N2. The van der Waals surface area contributed by atoms with Gasteiger partial charge in [-0.2, -0.15) is 0 Å². The Kier molecular flexibility index (Phi) is 4.27. The molecule has 13 heavy (non-hydrogen) atoms. The quantitative estimate of drug-likeness (QED) is 0.642. The van der Waals surface area contributed by atoms with Gasteiger partial charge in [0.1, 0.15) is 0 Å². The summed E-state index contributed by atoms with van der Waals surface area (Å²) in [5.74, 6) is 2.77. The van der Waals surface area contributed by atoms with Crippen LogP contribution in [-0.2, 0) is 0 Å². The average Bonchev–Trinajstić information content (AvgIpc) is 2.17. The van der Waals surface area contributed by atoms with E-state index in [2.05, 4.69) is 18.2 Å². The summed E-state index contributed by atoms with van der Waals surface area (Å²) in [5, 5.41) is 3.48. The molecule has 1 aliphatic rings. The van der Waals surface area contributed by atoms with Gasteiger partial charge in [-0.3, -0.25) is 0 Å². The van der Waals surface area contributed by atoms with Crippen LogP contribution in [0.4, 0.5) is 0 Å². The molecule has 0 amide bonds. The molecule has 0 aromatic rings. The van der Waals surface area contributed by atoms with Gasteiger partial charge < -0.3 is 11.1 Å². The van der Waals surface area contributed by atoms with Gasteiger partial charge in [0.05, 0.1) is 6.04 Å². The molecule has 0 aromatic heterocycles. The maximum absolute atomic E-state index is 5.82. The second kappa shape index (κ2) is 5.26. The van der Waals surface area contributed by atoms with Crippen molar-refractivity contribution in [2.45, 2.75) is 57.2 Å². The van der Waals surface area contributed by atoms with Crippen LogP contribution in [0.2, 0.25) is 0 Å². The van der Waals surface area contributed by atoms with Gasteiger partial charge in [0, 0.05) is 12.1 Å². The number of nitrogens with two attached hydrogens (primary N) is 1. The molecule has 0 bridgehead atoms. The molecule has 1 saturated carbocycles. The van der Waals surface area contributed by atoms with E-state index < -0.39 is 0 Å². The van der Waals surface area contributed by atoms with Crippen LogP contribution in [0.1, 0.15) is 39.0 Å². The van der Waals surface area contributed by atoms with E-state index in [1.807, 2.05) is 0 Å². The third-order valence-electron chi connectivity index (χ3n) is 2.82. The number of rotatable bonds is 3. The van der Waals surface area contributed by atoms with Crippen molar-refractivity contribution in [3.63, 3.8) is 0 Å². The van der Waals surface area contributed by atoms with E-state index in [-0.39, 0.29) is 6.04 Å². The molecule has 1 atom stereocenters. The smallest absolute Gasteiger partial charge is 0.0686 e. The van der Waals surface area contributed by atoms with Crippen molar-refractivity contribution in [1.82, 2.24) is 5.32 Å². The fraction of sp³-hybridized carbons (Fsp3) is 0.818. The molecule has 0 saturated heterocycles. The number of terminal acetylenes is 1. The molecule has 0 aliphatic heterocycles. The maximum Gasteiger partial charge on any atom is 0.0686 e. The molecule has 1 unspecified atom stereocenters. The Morgan fingerprint density at radius 1 is 1.46 bits per heavy atom. The average molecular weight is 180 g/mol. The van der Waals surface area contributed by atoms with Crippen LogP contribution in [0.25, 0.3) is 0 Å².